The number of nitrogens with zero attached hydrogens (tertiary/aromatic N) is 1. The molecule has 0 atom stereocenters. The number of amides is 1. The SMILES string of the molecule is CC(C)(Cc1cc(C(=O)NCc2ccccc2)ccn1)C(=O)O. The van der Waals surface area contributed by atoms with E-state index in [0.29, 0.717) is 17.8 Å². The average Bonchev–Trinajstić information content (AvgIpc) is 2.53. The van der Waals surface area contributed by atoms with E-state index < -0.39 is 11.4 Å². The Morgan fingerprint density at radius 2 is 1.87 bits per heavy atom. The maximum absolute atomic E-state index is 12.2. The average molecular weight is 312 g/mol. The smallest absolute Gasteiger partial charge is 0.309 e. The van der Waals surface area contributed by atoms with Gasteiger partial charge in [0, 0.05) is 30.4 Å². The van der Waals surface area contributed by atoms with Crippen molar-refractivity contribution in [1.82, 2.24) is 10.3 Å². The number of aliphatic carboxylic acids is 1. The standard InChI is InChI=1S/C18H20N2O3/c1-18(2,17(22)23)11-15-10-14(8-9-19-15)16(21)20-12-13-6-4-3-5-7-13/h3-10H,11-12H2,1-2H3,(H,20,21)(H,22,23). The number of hydrogen-bond donors (Lipinski definition) is 2. The van der Waals surface area contributed by atoms with Crippen LogP contribution in [0.15, 0.2) is 48.7 Å². The molecular weight excluding hydrogens is 292 g/mol. The summed E-state index contributed by atoms with van der Waals surface area (Å²) in [5.74, 6) is -1.09. The number of carboxylic acid groups (broad SMARTS) is 1. The quantitative estimate of drug-likeness (QED) is 0.859. The Morgan fingerprint density at radius 1 is 1.17 bits per heavy atom. The van der Waals surface area contributed by atoms with Crippen molar-refractivity contribution >= 4 is 11.9 Å². The van der Waals surface area contributed by atoms with Crippen LogP contribution in [0.4, 0.5) is 0 Å². The number of benzene rings is 1. The topological polar surface area (TPSA) is 79.3 Å². The summed E-state index contributed by atoms with van der Waals surface area (Å²) in [6.07, 6.45) is 1.80. The third-order valence-electron chi connectivity index (χ3n) is 3.58. The van der Waals surface area contributed by atoms with Gasteiger partial charge in [-0.2, -0.15) is 0 Å². The van der Waals surface area contributed by atoms with E-state index in [4.69, 9.17) is 0 Å². The van der Waals surface area contributed by atoms with E-state index in [2.05, 4.69) is 10.3 Å². The molecule has 0 saturated carbocycles. The van der Waals surface area contributed by atoms with Gasteiger partial charge < -0.3 is 10.4 Å². The number of carbonyl (C=O) groups is 2. The normalized spacial score (nSPS) is 11.0. The van der Waals surface area contributed by atoms with Crippen LogP contribution in [0, 0.1) is 5.41 Å². The minimum Gasteiger partial charge on any atom is -0.481 e. The van der Waals surface area contributed by atoms with E-state index in [9.17, 15) is 14.7 Å². The highest BCUT2D eigenvalue weighted by Crippen LogP contribution is 2.21. The van der Waals surface area contributed by atoms with Crippen molar-refractivity contribution in [2.24, 2.45) is 5.41 Å². The summed E-state index contributed by atoms with van der Waals surface area (Å²) in [5, 5.41) is 12.0. The molecule has 2 aromatic rings. The Hall–Kier alpha value is -2.69. The molecule has 1 heterocycles. The van der Waals surface area contributed by atoms with Crippen molar-refractivity contribution in [3.63, 3.8) is 0 Å². The first-order chi connectivity index (χ1) is 10.9. The first kappa shape index (κ1) is 16.7. The maximum Gasteiger partial charge on any atom is 0.309 e. The van der Waals surface area contributed by atoms with E-state index in [1.54, 1.807) is 26.0 Å². The van der Waals surface area contributed by atoms with Crippen LogP contribution in [0.2, 0.25) is 0 Å². The molecule has 120 valence electrons. The Morgan fingerprint density at radius 3 is 2.52 bits per heavy atom. The van der Waals surface area contributed by atoms with Crippen LogP contribution < -0.4 is 5.32 Å². The molecule has 1 aromatic heterocycles. The lowest BCUT2D eigenvalue weighted by Crippen LogP contribution is -2.27. The van der Waals surface area contributed by atoms with E-state index in [0.717, 1.165) is 5.56 Å². The number of nitrogens with one attached hydrogen (secondary N) is 1. The summed E-state index contributed by atoms with van der Waals surface area (Å²) in [4.78, 5) is 27.6. The second-order valence-electron chi connectivity index (χ2n) is 6.07. The molecule has 5 heteroatoms. The molecule has 0 saturated heterocycles. The summed E-state index contributed by atoms with van der Waals surface area (Å²) in [5.41, 5.74) is 1.16. The molecule has 0 aliphatic carbocycles. The molecule has 0 radical (unpaired) electrons. The highest BCUT2D eigenvalue weighted by atomic mass is 16.4. The summed E-state index contributed by atoms with van der Waals surface area (Å²) in [6, 6.07) is 12.9. The highest BCUT2D eigenvalue weighted by molar-refractivity contribution is 5.94. The van der Waals surface area contributed by atoms with Crippen molar-refractivity contribution in [2.75, 3.05) is 0 Å². The fraction of sp³-hybridized carbons (Fsp3) is 0.278. The van der Waals surface area contributed by atoms with E-state index in [1.807, 2.05) is 30.3 Å². The van der Waals surface area contributed by atoms with Crippen molar-refractivity contribution in [1.29, 1.82) is 0 Å². The molecule has 2 rings (SSSR count). The summed E-state index contributed by atoms with van der Waals surface area (Å²) >= 11 is 0. The maximum atomic E-state index is 12.2. The lowest BCUT2D eigenvalue weighted by atomic mass is 9.87. The molecule has 1 aromatic carbocycles. The first-order valence-electron chi connectivity index (χ1n) is 7.39. The summed E-state index contributed by atoms with van der Waals surface area (Å²) < 4.78 is 0. The summed E-state index contributed by atoms with van der Waals surface area (Å²) in [6.45, 7) is 3.72. The van der Waals surface area contributed by atoms with Gasteiger partial charge in [-0.3, -0.25) is 14.6 Å². The number of rotatable bonds is 6. The summed E-state index contributed by atoms with van der Waals surface area (Å²) in [7, 11) is 0. The predicted octanol–water partition coefficient (Wildman–Crippen LogP) is 2.66. The van der Waals surface area contributed by atoms with Gasteiger partial charge >= 0.3 is 5.97 Å². The van der Waals surface area contributed by atoms with Gasteiger partial charge in [0.1, 0.15) is 0 Å². The minimum absolute atomic E-state index is 0.203. The highest BCUT2D eigenvalue weighted by Gasteiger charge is 2.28. The fourth-order valence-corrected chi connectivity index (χ4v) is 2.12. The van der Waals surface area contributed by atoms with Crippen LogP contribution in [0.3, 0.4) is 0 Å². The zero-order chi connectivity index (χ0) is 16.9. The molecule has 0 fully saturated rings. The van der Waals surface area contributed by atoms with Crippen LogP contribution in [-0.2, 0) is 17.8 Å². The number of carboxylic acids is 1. The van der Waals surface area contributed by atoms with Crippen LogP contribution in [0.5, 0.6) is 0 Å². The second-order valence-corrected chi connectivity index (χ2v) is 6.07. The minimum atomic E-state index is -0.924. The lowest BCUT2D eigenvalue weighted by molar-refractivity contribution is -0.146. The van der Waals surface area contributed by atoms with Crippen LogP contribution in [0.1, 0.15) is 35.5 Å². The Kier molecular flexibility index (Phi) is 5.11. The van der Waals surface area contributed by atoms with Crippen LogP contribution in [-0.4, -0.2) is 22.0 Å². The second kappa shape index (κ2) is 7.05. The number of aromatic nitrogens is 1. The largest absolute Gasteiger partial charge is 0.481 e. The van der Waals surface area contributed by atoms with Crippen LogP contribution >= 0.6 is 0 Å². The van der Waals surface area contributed by atoms with Gasteiger partial charge in [-0.25, -0.2) is 0 Å². The number of pyridine rings is 1. The van der Waals surface area contributed by atoms with Crippen LogP contribution in [0.25, 0.3) is 0 Å². The Balaban J connectivity index is 2.04. The molecule has 1 amide bonds. The first-order valence-corrected chi connectivity index (χ1v) is 7.39. The van der Waals surface area contributed by atoms with E-state index in [1.165, 1.54) is 6.20 Å². The van der Waals surface area contributed by atoms with E-state index in [-0.39, 0.29) is 12.3 Å². The van der Waals surface area contributed by atoms with Gasteiger partial charge in [0.25, 0.3) is 5.91 Å². The van der Waals surface area contributed by atoms with E-state index >= 15 is 0 Å². The third-order valence-corrected chi connectivity index (χ3v) is 3.58. The molecule has 23 heavy (non-hydrogen) atoms. The molecule has 0 spiro atoms. The molecule has 5 nitrogen and oxygen atoms in total. The molecule has 0 aliphatic rings. The van der Waals surface area contributed by atoms with Gasteiger partial charge in [-0.1, -0.05) is 30.3 Å². The zero-order valence-electron chi connectivity index (χ0n) is 13.2. The number of carbonyl (C=O) groups excluding carboxylic acids is 1. The molecular formula is C18H20N2O3. The number of hydrogen-bond acceptors (Lipinski definition) is 3. The van der Waals surface area contributed by atoms with Gasteiger partial charge in [0.15, 0.2) is 0 Å². The fourth-order valence-electron chi connectivity index (χ4n) is 2.12. The molecule has 2 N–H and O–H groups in total. The third kappa shape index (κ3) is 4.64. The van der Waals surface area contributed by atoms with Gasteiger partial charge in [-0.05, 0) is 31.5 Å². The monoisotopic (exact) mass is 312 g/mol. The molecule has 0 bridgehead atoms. The zero-order valence-corrected chi connectivity index (χ0v) is 13.2. The van der Waals surface area contributed by atoms with Crippen molar-refractivity contribution in [3.8, 4) is 0 Å². The Bertz CT molecular complexity index is 696. The Labute approximate surface area is 135 Å². The van der Waals surface area contributed by atoms with Crippen molar-refractivity contribution in [2.45, 2.75) is 26.8 Å². The van der Waals surface area contributed by atoms with Gasteiger partial charge in [0.05, 0.1) is 5.41 Å². The molecule has 0 unspecified atom stereocenters. The lowest BCUT2D eigenvalue weighted by Gasteiger charge is -2.18. The van der Waals surface area contributed by atoms with Gasteiger partial charge in [-0.15, -0.1) is 0 Å². The van der Waals surface area contributed by atoms with Crippen molar-refractivity contribution in [3.05, 3.63) is 65.5 Å². The van der Waals surface area contributed by atoms with Crippen molar-refractivity contribution < 1.29 is 14.7 Å². The molecule has 0 aliphatic heterocycles. The van der Waals surface area contributed by atoms with Gasteiger partial charge in [0.2, 0.25) is 0 Å². The predicted molar refractivity (Wildman–Crippen MR) is 87.0 cm³/mol.